The third-order valence-corrected chi connectivity index (χ3v) is 5.11. The average molecular weight is 332 g/mol. The maximum Gasteiger partial charge on any atom is 0.240 e. The second-order valence-corrected chi connectivity index (χ2v) is 7.47. The molecule has 21 heavy (non-hydrogen) atoms. The Labute approximate surface area is 131 Å². The fourth-order valence-corrected chi connectivity index (χ4v) is 3.54. The van der Waals surface area contributed by atoms with Crippen LogP contribution >= 0.6 is 11.8 Å². The molecule has 0 radical (unpaired) electrons. The number of hydrogen-bond donors (Lipinski definition) is 2. The maximum atomic E-state index is 12.2. The lowest BCUT2D eigenvalue weighted by atomic mass is 10.3. The highest BCUT2D eigenvalue weighted by Crippen LogP contribution is 2.16. The number of nitrogens with two attached hydrogens (primary N) is 1. The van der Waals surface area contributed by atoms with Gasteiger partial charge in [0.05, 0.1) is 11.5 Å². The molecule has 0 amide bonds. The zero-order valence-corrected chi connectivity index (χ0v) is 14.2. The molecule has 0 fully saturated rings. The topological polar surface area (TPSA) is 81.4 Å². The van der Waals surface area contributed by atoms with Gasteiger partial charge in [0, 0.05) is 6.04 Å². The monoisotopic (exact) mass is 332 g/mol. The van der Waals surface area contributed by atoms with Gasteiger partial charge in [0.1, 0.15) is 5.75 Å². The van der Waals surface area contributed by atoms with Crippen LogP contribution in [0.2, 0.25) is 0 Å². The molecule has 1 aromatic carbocycles. The first kappa shape index (κ1) is 18.3. The molecule has 1 atom stereocenters. The molecular formula is C14H24N2O3S2. The minimum atomic E-state index is -3.47. The number of thioether (sulfide) groups is 1. The van der Waals surface area contributed by atoms with E-state index < -0.39 is 10.0 Å². The maximum absolute atomic E-state index is 12.2. The van der Waals surface area contributed by atoms with Gasteiger partial charge in [-0.15, -0.1) is 0 Å². The van der Waals surface area contributed by atoms with Crippen LogP contribution in [0.5, 0.6) is 5.75 Å². The van der Waals surface area contributed by atoms with E-state index in [-0.39, 0.29) is 10.9 Å². The minimum absolute atomic E-state index is 0.0806. The summed E-state index contributed by atoms with van der Waals surface area (Å²) in [6.45, 7) is 2.98. The first-order chi connectivity index (χ1) is 9.99. The zero-order chi connectivity index (χ0) is 15.7. The molecule has 0 saturated carbocycles. The normalized spacial score (nSPS) is 13.1. The van der Waals surface area contributed by atoms with Crippen molar-refractivity contribution in [3.63, 3.8) is 0 Å². The van der Waals surface area contributed by atoms with E-state index >= 15 is 0 Å². The Hall–Kier alpha value is -0.760. The summed E-state index contributed by atoms with van der Waals surface area (Å²) < 4.78 is 32.5. The Bertz CT molecular complexity index is 503. The number of ether oxygens (including phenoxy) is 1. The molecule has 0 saturated heterocycles. The van der Waals surface area contributed by atoms with Crippen molar-refractivity contribution in [2.24, 2.45) is 5.73 Å². The van der Waals surface area contributed by atoms with Crippen LogP contribution in [0.25, 0.3) is 0 Å². The lowest BCUT2D eigenvalue weighted by molar-refractivity contribution is 0.313. The van der Waals surface area contributed by atoms with Gasteiger partial charge in [0.15, 0.2) is 0 Å². The molecule has 1 rings (SSSR count). The predicted molar refractivity (Wildman–Crippen MR) is 88.4 cm³/mol. The summed E-state index contributed by atoms with van der Waals surface area (Å²) in [6.07, 6.45) is 3.58. The van der Waals surface area contributed by atoms with Crippen LogP contribution in [0, 0.1) is 0 Å². The van der Waals surface area contributed by atoms with E-state index in [1.807, 2.05) is 13.2 Å². The van der Waals surface area contributed by atoms with Crippen LogP contribution in [0.3, 0.4) is 0 Å². The summed E-state index contributed by atoms with van der Waals surface area (Å²) in [5, 5.41) is 0. The van der Waals surface area contributed by atoms with E-state index in [2.05, 4.69) is 4.72 Å². The number of rotatable bonds is 10. The van der Waals surface area contributed by atoms with Gasteiger partial charge in [0.25, 0.3) is 0 Å². The molecule has 0 heterocycles. The van der Waals surface area contributed by atoms with Crippen molar-refractivity contribution in [3.05, 3.63) is 24.3 Å². The first-order valence-electron chi connectivity index (χ1n) is 6.94. The van der Waals surface area contributed by atoms with Gasteiger partial charge in [-0.05, 0) is 62.6 Å². The summed E-state index contributed by atoms with van der Waals surface area (Å²) in [6, 6.07) is 6.36. The third kappa shape index (κ3) is 6.69. The van der Waals surface area contributed by atoms with Crippen LogP contribution in [-0.2, 0) is 10.0 Å². The summed E-state index contributed by atoms with van der Waals surface area (Å²) in [4.78, 5) is 0.254. The fourth-order valence-electron chi connectivity index (χ4n) is 1.67. The van der Waals surface area contributed by atoms with Crippen LogP contribution in [0.1, 0.15) is 19.8 Å². The predicted octanol–water partition coefficient (Wildman–Crippen LogP) is 1.83. The van der Waals surface area contributed by atoms with E-state index in [0.717, 1.165) is 18.6 Å². The quantitative estimate of drug-likeness (QED) is 0.639. The van der Waals surface area contributed by atoms with Crippen LogP contribution < -0.4 is 15.2 Å². The van der Waals surface area contributed by atoms with Crippen LogP contribution in [0.4, 0.5) is 0 Å². The smallest absolute Gasteiger partial charge is 0.240 e. The SMILES string of the molecule is CSCCC(C)NS(=O)(=O)c1ccc(OCCCN)cc1. The van der Waals surface area contributed by atoms with Gasteiger partial charge in [0.2, 0.25) is 10.0 Å². The van der Waals surface area contributed by atoms with Crippen molar-refractivity contribution in [3.8, 4) is 5.75 Å². The van der Waals surface area contributed by atoms with E-state index in [0.29, 0.717) is 18.9 Å². The molecule has 5 nitrogen and oxygen atoms in total. The highest BCUT2D eigenvalue weighted by molar-refractivity contribution is 7.98. The van der Waals surface area contributed by atoms with E-state index in [9.17, 15) is 8.42 Å². The lowest BCUT2D eigenvalue weighted by Gasteiger charge is -2.14. The average Bonchev–Trinajstić information content (AvgIpc) is 2.45. The molecular weight excluding hydrogens is 308 g/mol. The molecule has 0 bridgehead atoms. The molecule has 0 spiro atoms. The Morgan fingerprint density at radius 3 is 2.57 bits per heavy atom. The van der Waals surface area contributed by atoms with Gasteiger partial charge in [-0.25, -0.2) is 13.1 Å². The van der Waals surface area contributed by atoms with E-state index in [1.165, 1.54) is 0 Å². The van der Waals surface area contributed by atoms with Crippen molar-refractivity contribution in [2.75, 3.05) is 25.2 Å². The molecule has 0 aliphatic heterocycles. The van der Waals surface area contributed by atoms with E-state index in [4.69, 9.17) is 10.5 Å². The Morgan fingerprint density at radius 2 is 2.00 bits per heavy atom. The molecule has 7 heteroatoms. The number of hydrogen-bond acceptors (Lipinski definition) is 5. The summed E-state index contributed by atoms with van der Waals surface area (Å²) >= 11 is 1.70. The van der Waals surface area contributed by atoms with Gasteiger partial charge in [-0.3, -0.25) is 0 Å². The standard InChI is InChI=1S/C14H24N2O3S2/c1-12(8-11-20-2)16-21(17,18)14-6-4-13(5-7-14)19-10-3-9-15/h4-7,12,16H,3,8-11,15H2,1-2H3. The van der Waals surface area contributed by atoms with Crippen molar-refractivity contribution in [1.29, 1.82) is 0 Å². The van der Waals surface area contributed by atoms with E-state index in [1.54, 1.807) is 36.0 Å². The molecule has 0 aliphatic rings. The molecule has 1 unspecified atom stereocenters. The molecule has 3 N–H and O–H groups in total. The molecule has 0 aromatic heterocycles. The third-order valence-electron chi connectivity index (χ3n) is 2.86. The zero-order valence-electron chi connectivity index (χ0n) is 12.5. The van der Waals surface area contributed by atoms with Gasteiger partial charge in [-0.1, -0.05) is 0 Å². The van der Waals surface area contributed by atoms with Crippen molar-refractivity contribution in [2.45, 2.75) is 30.7 Å². The van der Waals surface area contributed by atoms with Gasteiger partial charge in [-0.2, -0.15) is 11.8 Å². The Kier molecular flexibility index (Phi) is 8.10. The second kappa shape index (κ2) is 9.30. The van der Waals surface area contributed by atoms with Crippen molar-refractivity contribution < 1.29 is 13.2 Å². The highest BCUT2D eigenvalue weighted by Gasteiger charge is 2.17. The number of nitrogens with one attached hydrogen (secondary N) is 1. The molecule has 120 valence electrons. The Balaban J connectivity index is 2.62. The summed E-state index contributed by atoms with van der Waals surface area (Å²) in [5.74, 6) is 1.58. The van der Waals surface area contributed by atoms with Crippen molar-refractivity contribution in [1.82, 2.24) is 4.72 Å². The fraction of sp³-hybridized carbons (Fsp3) is 0.571. The number of benzene rings is 1. The second-order valence-electron chi connectivity index (χ2n) is 4.77. The lowest BCUT2D eigenvalue weighted by Crippen LogP contribution is -2.32. The number of sulfonamides is 1. The first-order valence-corrected chi connectivity index (χ1v) is 9.81. The Morgan fingerprint density at radius 1 is 1.33 bits per heavy atom. The molecule has 0 aliphatic carbocycles. The summed E-state index contributed by atoms with van der Waals surface area (Å²) in [7, 11) is -3.47. The molecule has 1 aromatic rings. The van der Waals surface area contributed by atoms with Gasteiger partial charge < -0.3 is 10.5 Å². The van der Waals surface area contributed by atoms with Crippen molar-refractivity contribution >= 4 is 21.8 Å². The van der Waals surface area contributed by atoms with Crippen LogP contribution in [-0.4, -0.2) is 39.6 Å². The minimum Gasteiger partial charge on any atom is -0.494 e. The highest BCUT2D eigenvalue weighted by atomic mass is 32.2. The van der Waals surface area contributed by atoms with Crippen LogP contribution in [0.15, 0.2) is 29.2 Å². The summed E-state index contributed by atoms with van der Waals surface area (Å²) in [5.41, 5.74) is 5.39. The van der Waals surface area contributed by atoms with Gasteiger partial charge >= 0.3 is 0 Å². The largest absolute Gasteiger partial charge is 0.494 e.